The molecule has 0 spiro atoms. The number of halogens is 1. The molecule has 0 bridgehead atoms. The zero-order chi connectivity index (χ0) is 20.5. The summed E-state index contributed by atoms with van der Waals surface area (Å²) in [6, 6.07) is 9.02. The van der Waals surface area contributed by atoms with Crippen molar-refractivity contribution < 1.29 is 9.90 Å². The summed E-state index contributed by atoms with van der Waals surface area (Å²) in [5.41, 5.74) is 1.59. The molecule has 7 nitrogen and oxygen atoms in total. The fourth-order valence-corrected chi connectivity index (χ4v) is 4.33. The highest BCUT2D eigenvalue weighted by molar-refractivity contribution is 6.30. The lowest BCUT2D eigenvalue weighted by molar-refractivity contribution is 0.0376. The number of carbonyl (C=O) groups excluding carboxylic acids is 1. The van der Waals surface area contributed by atoms with Gasteiger partial charge < -0.3 is 14.9 Å². The van der Waals surface area contributed by atoms with Gasteiger partial charge in [0.15, 0.2) is 0 Å². The van der Waals surface area contributed by atoms with Crippen LogP contribution in [0, 0.1) is 13.8 Å². The topological polar surface area (TPSA) is 72.8 Å². The van der Waals surface area contributed by atoms with Crippen LogP contribution in [-0.2, 0) is 0 Å². The molecule has 8 heteroatoms. The lowest BCUT2D eigenvalue weighted by atomic mass is 10.1. The Morgan fingerprint density at radius 1 is 1.07 bits per heavy atom. The second-order valence-electron chi connectivity index (χ2n) is 7.79. The number of piperazine rings is 1. The van der Waals surface area contributed by atoms with Gasteiger partial charge in [0, 0.05) is 61.6 Å². The summed E-state index contributed by atoms with van der Waals surface area (Å²) in [6.07, 6.45) is -0.441. The van der Waals surface area contributed by atoms with Crippen LogP contribution < -0.4 is 4.90 Å². The number of nitrogens with zero attached hydrogens (tertiary/aromatic N) is 5. The summed E-state index contributed by atoms with van der Waals surface area (Å²) in [4.78, 5) is 27.8. The molecule has 2 aromatic rings. The van der Waals surface area contributed by atoms with Gasteiger partial charge in [-0.2, -0.15) is 0 Å². The Kier molecular flexibility index (Phi) is 5.72. The van der Waals surface area contributed by atoms with Gasteiger partial charge in [0.1, 0.15) is 11.6 Å². The van der Waals surface area contributed by atoms with Crippen molar-refractivity contribution in [3.05, 3.63) is 52.4 Å². The van der Waals surface area contributed by atoms with Crippen LogP contribution in [0.25, 0.3) is 0 Å². The number of β-amino-alcohol motifs (C(OH)–C–C–N with tert-alkyl or cyclic N) is 1. The van der Waals surface area contributed by atoms with E-state index in [0.717, 1.165) is 37.0 Å². The van der Waals surface area contributed by atoms with Crippen molar-refractivity contribution in [2.24, 2.45) is 0 Å². The number of aromatic nitrogens is 2. The van der Waals surface area contributed by atoms with E-state index >= 15 is 0 Å². The molecule has 0 radical (unpaired) electrons. The van der Waals surface area contributed by atoms with E-state index in [1.54, 1.807) is 24.3 Å². The van der Waals surface area contributed by atoms with Gasteiger partial charge in [-0.1, -0.05) is 11.6 Å². The summed E-state index contributed by atoms with van der Waals surface area (Å²) in [5, 5.41) is 11.3. The molecule has 4 rings (SSSR count). The van der Waals surface area contributed by atoms with Crippen LogP contribution >= 0.6 is 11.6 Å². The monoisotopic (exact) mass is 415 g/mol. The molecule has 1 aromatic heterocycles. The van der Waals surface area contributed by atoms with E-state index in [-0.39, 0.29) is 11.9 Å². The molecule has 29 heavy (non-hydrogen) atoms. The molecule has 1 aromatic carbocycles. The molecular weight excluding hydrogens is 390 g/mol. The Bertz CT molecular complexity index is 863. The van der Waals surface area contributed by atoms with Gasteiger partial charge in [0.2, 0.25) is 0 Å². The minimum Gasteiger partial charge on any atom is -0.390 e. The van der Waals surface area contributed by atoms with Gasteiger partial charge in [-0.15, -0.1) is 0 Å². The largest absolute Gasteiger partial charge is 0.390 e. The number of rotatable bonds is 3. The van der Waals surface area contributed by atoms with E-state index in [2.05, 4.69) is 19.8 Å². The molecule has 1 N–H and O–H groups in total. The Morgan fingerprint density at radius 2 is 1.76 bits per heavy atom. The number of aliphatic hydroxyl groups excluding tert-OH is 1. The molecule has 2 saturated heterocycles. The van der Waals surface area contributed by atoms with E-state index in [1.807, 2.05) is 24.8 Å². The van der Waals surface area contributed by atoms with Gasteiger partial charge in [-0.3, -0.25) is 9.69 Å². The number of benzene rings is 1. The number of hydrogen-bond donors (Lipinski definition) is 1. The first-order chi connectivity index (χ1) is 13.9. The number of amides is 1. The van der Waals surface area contributed by atoms with Crippen molar-refractivity contribution in [3.8, 4) is 0 Å². The third-order valence-electron chi connectivity index (χ3n) is 5.70. The van der Waals surface area contributed by atoms with E-state index in [1.165, 1.54) is 0 Å². The minimum atomic E-state index is -0.441. The van der Waals surface area contributed by atoms with Crippen molar-refractivity contribution in [2.75, 3.05) is 44.2 Å². The SMILES string of the molecule is Cc1cc(N2C[C@@H](O)[C@H](N3CCN(C(=O)c4ccc(Cl)cc4)CC3)C2)nc(C)n1. The molecule has 2 aliphatic heterocycles. The Balaban J connectivity index is 1.37. The summed E-state index contributed by atoms with van der Waals surface area (Å²) < 4.78 is 0. The molecule has 2 fully saturated rings. The Labute approximate surface area is 175 Å². The van der Waals surface area contributed by atoms with Gasteiger partial charge in [-0.05, 0) is 38.1 Å². The molecule has 154 valence electrons. The van der Waals surface area contributed by atoms with Crippen LogP contribution in [0.1, 0.15) is 21.9 Å². The van der Waals surface area contributed by atoms with Crippen molar-refractivity contribution >= 4 is 23.3 Å². The highest BCUT2D eigenvalue weighted by Gasteiger charge is 2.38. The van der Waals surface area contributed by atoms with Crippen molar-refractivity contribution in [1.82, 2.24) is 19.8 Å². The first kappa shape index (κ1) is 20.1. The van der Waals surface area contributed by atoms with E-state index < -0.39 is 6.10 Å². The fraction of sp³-hybridized carbons (Fsp3) is 0.476. The minimum absolute atomic E-state index is 0.0295. The van der Waals surface area contributed by atoms with Gasteiger partial charge >= 0.3 is 0 Å². The molecular formula is C21H26ClN5O2. The molecule has 1 amide bonds. The third kappa shape index (κ3) is 4.37. The number of aryl methyl sites for hydroxylation is 2. The smallest absolute Gasteiger partial charge is 0.253 e. The van der Waals surface area contributed by atoms with Gasteiger partial charge in [0.25, 0.3) is 5.91 Å². The Hall–Kier alpha value is -2.22. The fourth-order valence-electron chi connectivity index (χ4n) is 4.21. The first-order valence-corrected chi connectivity index (χ1v) is 10.3. The van der Waals surface area contributed by atoms with Gasteiger partial charge in [0.05, 0.1) is 12.1 Å². The predicted molar refractivity (Wildman–Crippen MR) is 112 cm³/mol. The number of anilines is 1. The summed E-state index contributed by atoms with van der Waals surface area (Å²) in [6.45, 7) is 7.92. The normalized spacial score (nSPS) is 22.9. The van der Waals surface area contributed by atoms with Crippen molar-refractivity contribution in [1.29, 1.82) is 0 Å². The first-order valence-electron chi connectivity index (χ1n) is 9.95. The van der Waals surface area contributed by atoms with E-state index in [0.29, 0.717) is 30.2 Å². The molecule has 0 aliphatic carbocycles. The highest BCUT2D eigenvalue weighted by atomic mass is 35.5. The Morgan fingerprint density at radius 3 is 2.41 bits per heavy atom. The van der Waals surface area contributed by atoms with Crippen LogP contribution in [0.5, 0.6) is 0 Å². The maximum Gasteiger partial charge on any atom is 0.253 e. The average Bonchev–Trinajstić information content (AvgIpc) is 3.09. The third-order valence-corrected chi connectivity index (χ3v) is 5.95. The van der Waals surface area contributed by atoms with E-state index in [9.17, 15) is 9.90 Å². The van der Waals surface area contributed by atoms with Gasteiger partial charge in [-0.25, -0.2) is 9.97 Å². The summed E-state index contributed by atoms with van der Waals surface area (Å²) in [5.74, 6) is 1.64. The van der Waals surface area contributed by atoms with Crippen LogP contribution in [-0.4, -0.2) is 82.2 Å². The maximum atomic E-state index is 12.7. The highest BCUT2D eigenvalue weighted by Crippen LogP contribution is 2.24. The predicted octanol–water partition coefficient (Wildman–Crippen LogP) is 1.75. The van der Waals surface area contributed by atoms with Crippen molar-refractivity contribution in [2.45, 2.75) is 26.0 Å². The maximum absolute atomic E-state index is 12.7. The average molecular weight is 416 g/mol. The van der Waals surface area contributed by atoms with E-state index in [4.69, 9.17) is 11.6 Å². The standard InChI is InChI=1S/C21H26ClN5O2/c1-14-11-20(24-15(2)23-14)27-12-18(19(28)13-27)25-7-9-26(10-8-25)21(29)16-3-5-17(22)6-4-16/h3-6,11,18-19,28H,7-10,12-13H2,1-2H3/t18-,19-/m1/s1. The zero-order valence-electron chi connectivity index (χ0n) is 16.8. The number of hydrogen-bond acceptors (Lipinski definition) is 6. The quantitative estimate of drug-likeness (QED) is 0.823. The molecule has 2 atom stereocenters. The summed E-state index contributed by atoms with van der Waals surface area (Å²) in [7, 11) is 0. The second-order valence-corrected chi connectivity index (χ2v) is 8.23. The van der Waals surface area contributed by atoms with Crippen LogP contribution in [0.3, 0.4) is 0 Å². The van der Waals surface area contributed by atoms with Crippen LogP contribution in [0.4, 0.5) is 5.82 Å². The summed E-state index contributed by atoms with van der Waals surface area (Å²) >= 11 is 5.91. The van der Waals surface area contributed by atoms with Crippen LogP contribution in [0.2, 0.25) is 5.02 Å². The molecule has 0 unspecified atom stereocenters. The van der Waals surface area contributed by atoms with Crippen molar-refractivity contribution in [3.63, 3.8) is 0 Å². The molecule has 3 heterocycles. The zero-order valence-corrected chi connectivity index (χ0v) is 17.5. The molecule has 2 aliphatic rings. The van der Waals surface area contributed by atoms with Crippen LogP contribution in [0.15, 0.2) is 30.3 Å². The molecule has 0 saturated carbocycles. The second kappa shape index (κ2) is 8.26. The number of carbonyl (C=O) groups is 1. The number of aliphatic hydroxyl groups is 1. The lowest BCUT2D eigenvalue weighted by Gasteiger charge is -2.38. The lowest BCUT2D eigenvalue weighted by Crippen LogP contribution is -2.54.